The summed E-state index contributed by atoms with van der Waals surface area (Å²) in [6, 6.07) is 2.60. The van der Waals surface area contributed by atoms with Gasteiger partial charge in [-0.15, -0.1) is 0 Å². The number of hydrogen-bond acceptors (Lipinski definition) is 6. The van der Waals surface area contributed by atoms with Crippen LogP contribution < -0.4 is 0 Å². The van der Waals surface area contributed by atoms with E-state index in [1.165, 1.54) is 0 Å². The lowest BCUT2D eigenvalue weighted by molar-refractivity contribution is 0.207. The van der Waals surface area contributed by atoms with Gasteiger partial charge in [0.25, 0.3) is 0 Å². The summed E-state index contributed by atoms with van der Waals surface area (Å²) < 4.78 is 4.99. The molecule has 6 heteroatoms. The molecule has 1 aromatic rings. The zero-order valence-electron chi connectivity index (χ0n) is 11.7. The largest absolute Gasteiger partial charge is 0.340 e. The first-order valence-corrected chi connectivity index (χ1v) is 6.81. The van der Waals surface area contributed by atoms with Crippen LogP contribution in [0.25, 0.3) is 0 Å². The van der Waals surface area contributed by atoms with E-state index in [2.05, 4.69) is 32.9 Å². The lowest BCUT2D eigenvalue weighted by atomic mass is 10.2. The average molecular weight is 263 g/mol. The predicted molar refractivity (Wildman–Crippen MR) is 70.2 cm³/mol. The number of nitrogens with zero attached hydrogens (tertiary/aromatic N) is 5. The van der Waals surface area contributed by atoms with Crippen molar-refractivity contribution in [1.82, 2.24) is 19.9 Å². The van der Waals surface area contributed by atoms with Crippen molar-refractivity contribution in [3.63, 3.8) is 0 Å². The Hall–Kier alpha value is -1.45. The van der Waals surface area contributed by atoms with Crippen molar-refractivity contribution in [2.75, 3.05) is 26.2 Å². The molecular formula is C13H21N5O. The number of aryl methyl sites for hydroxylation is 1. The van der Waals surface area contributed by atoms with Crippen molar-refractivity contribution >= 4 is 0 Å². The van der Waals surface area contributed by atoms with Crippen LogP contribution in [0.5, 0.6) is 0 Å². The Morgan fingerprint density at radius 1 is 1.37 bits per heavy atom. The lowest BCUT2D eigenvalue weighted by Crippen LogP contribution is -2.36. The van der Waals surface area contributed by atoms with Gasteiger partial charge in [-0.1, -0.05) is 5.16 Å². The third-order valence-corrected chi connectivity index (χ3v) is 3.57. The molecule has 2 heterocycles. The Balaban J connectivity index is 1.85. The third kappa shape index (κ3) is 4.01. The number of aromatic nitrogens is 2. The van der Waals surface area contributed by atoms with Crippen LogP contribution >= 0.6 is 0 Å². The Bertz CT molecular complexity index is 438. The molecule has 1 saturated heterocycles. The molecule has 0 aliphatic carbocycles. The summed E-state index contributed by atoms with van der Waals surface area (Å²) in [5.41, 5.74) is 0. The Labute approximate surface area is 114 Å². The lowest BCUT2D eigenvalue weighted by Gasteiger charge is -2.25. The van der Waals surface area contributed by atoms with Crippen LogP contribution in [-0.2, 0) is 6.54 Å². The summed E-state index contributed by atoms with van der Waals surface area (Å²) in [7, 11) is 0. The van der Waals surface area contributed by atoms with Crippen LogP contribution in [0.3, 0.4) is 0 Å². The van der Waals surface area contributed by atoms with E-state index >= 15 is 0 Å². The van der Waals surface area contributed by atoms with Gasteiger partial charge in [-0.25, -0.2) is 0 Å². The number of rotatable bonds is 4. The van der Waals surface area contributed by atoms with E-state index in [0.717, 1.165) is 45.0 Å². The summed E-state index contributed by atoms with van der Waals surface area (Å²) in [6.07, 6.45) is 1.72. The molecule has 0 aromatic carbocycles. The van der Waals surface area contributed by atoms with Crippen LogP contribution in [0.15, 0.2) is 4.52 Å². The first-order chi connectivity index (χ1) is 9.19. The first-order valence-electron chi connectivity index (χ1n) is 6.81. The molecule has 2 rings (SSSR count). The maximum Gasteiger partial charge on any atom is 0.223 e. The molecule has 1 fully saturated rings. The van der Waals surface area contributed by atoms with E-state index in [1.54, 1.807) is 0 Å². The van der Waals surface area contributed by atoms with E-state index in [0.29, 0.717) is 18.4 Å². The van der Waals surface area contributed by atoms with E-state index in [4.69, 9.17) is 9.78 Å². The van der Waals surface area contributed by atoms with Crippen LogP contribution in [-0.4, -0.2) is 52.2 Å². The molecule has 1 aliphatic rings. The zero-order chi connectivity index (χ0) is 13.7. The SMILES string of the molecule is Cc1nc(CN2CCCN([C@@H](C)CC#N)CC2)no1. The van der Waals surface area contributed by atoms with Crippen molar-refractivity contribution in [3.05, 3.63) is 11.7 Å². The monoisotopic (exact) mass is 263 g/mol. The summed E-state index contributed by atoms with van der Waals surface area (Å²) in [6.45, 7) is 8.78. The molecule has 0 spiro atoms. The topological polar surface area (TPSA) is 69.2 Å². The molecule has 0 saturated carbocycles. The highest BCUT2D eigenvalue weighted by molar-refractivity contribution is 4.86. The maximum absolute atomic E-state index is 8.77. The van der Waals surface area contributed by atoms with Crippen molar-refractivity contribution in [3.8, 4) is 6.07 Å². The molecule has 19 heavy (non-hydrogen) atoms. The summed E-state index contributed by atoms with van der Waals surface area (Å²) in [4.78, 5) is 8.99. The van der Waals surface area contributed by atoms with E-state index < -0.39 is 0 Å². The smallest absolute Gasteiger partial charge is 0.223 e. The molecular weight excluding hydrogens is 242 g/mol. The average Bonchev–Trinajstić information content (AvgIpc) is 2.64. The minimum atomic E-state index is 0.345. The fraction of sp³-hybridized carbons (Fsp3) is 0.769. The molecule has 0 amide bonds. The second kappa shape index (κ2) is 6.64. The van der Waals surface area contributed by atoms with Gasteiger partial charge in [0, 0.05) is 26.1 Å². The fourth-order valence-electron chi connectivity index (χ4n) is 2.46. The van der Waals surface area contributed by atoms with E-state index in [-0.39, 0.29) is 0 Å². The minimum absolute atomic E-state index is 0.345. The molecule has 0 N–H and O–H groups in total. The van der Waals surface area contributed by atoms with Gasteiger partial charge >= 0.3 is 0 Å². The molecule has 0 radical (unpaired) electrons. The summed E-state index contributed by atoms with van der Waals surface area (Å²) >= 11 is 0. The Kier molecular flexibility index (Phi) is 4.88. The molecule has 1 atom stereocenters. The normalized spacial score (nSPS) is 19.8. The Morgan fingerprint density at radius 2 is 2.21 bits per heavy atom. The Morgan fingerprint density at radius 3 is 2.89 bits per heavy atom. The summed E-state index contributed by atoms with van der Waals surface area (Å²) in [5.74, 6) is 1.38. The molecule has 1 aliphatic heterocycles. The van der Waals surface area contributed by atoms with Crippen molar-refractivity contribution in [2.45, 2.75) is 39.3 Å². The van der Waals surface area contributed by atoms with Crippen molar-refractivity contribution in [2.24, 2.45) is 0 Å². The van der Waals surface area contributed by atoms with Crippen LogP contribution in [0.4, 0.5) is 0 Å². The van der Waals surface area contributed by atoms with Gasteiger partial charge in [0.2, 0.25) is 5.89 Å². The van der Waals surface area contributed by atoms with Gasteiger partial charge in [-0.3, -0.25) is 9.80 Å². The highest BCUT2D eigenvalue weighted by Crippen LogP contribution is 2.11. The number of nitriles is 1. The first kappa shape index (κ1) is 14.0. The van der Waals surface area contributed by atoms with Gasteiger partial charge in [-0.05, 0) is 26.4 Å². The van der Waals surface area contributed by atoms with Gasteiger partial charge in [-0.2, -0.15) is 10.2 Å². The minimum Gasteiger partial charge on any atom is -0.340 e. The third-order valence-electron chi connectivity index (χ3n) is 3.57. The highest BCUT2D eigenvalue weighted by Gasteiger charge is 2.19. The van der Waals surface area contributed by atoms with E-state index in [9.17, 15) is 0 Å². The van der Waals surface area contributed by atoms with Gasteiger partial charge in [0.05, 0.1) is 19.0 Å². The molecule has 1 aromatic heterocycles. The number of hydrogen-bond donors (Lipinski definition) is 0. The van der Waals surface area contributed by atoms with Crippen LogP contribution in [0, 0.1) is 18.3 Å². The van der Waals surface area contributed by atoms with Gasteiger partial charge < -0.3 is 4.52 Å². The van der Waals surface area contributed by atoms with Gasteiger partial charge in [0.1, 0.15) is 0 Å². The second-order valence-corrected chi connectivity index (χ2v) is 5.11. The zero-order valence-corrected chi connectivity index (χ0v) is 11.7. The highest BCUT2D eigenvalue weighted by atomic mass is 16.5. The van der Waals surface area contributed by atoms with E-state index in [1.807, 2.05) is 6.92 Å². The molecule has 104 valence electrons. The van der Waals surface area contributed by atoms with Gasteiger partial charge in [0.15, 0.2) is 5.82 Å². The van der Waals surface area contributed by atoms with Crippen molar-refractivity contribution < 1.29 is 4.52 Å². The standard InChI is InChI=1S/C13H21N5O/c1-11(4-5-14)18-7-3-6-17(8-9-18)10-13-15-12(2)19-16-13/h11H,3-4,6-10H2,1-2H3/t11-/m0/s1. The molecule has 0 unspecified atom stereocenters. The molecule has 6 nitrogen and oxygen atoms in total. The van der Waals surface area contributed by atoms with Crippen molar-refractivity contribution in [1.29, 1.82) is 5.26 Å². The summed E-state index contributed by atoms with van der Waals surface area (Å²) in [5, 5.41) is 12.7. The maximum atomic E-state index is 8.77. The van der Waals surface area contributed by atoms with Crippen LogP contribution in [0.1, 0.15) is 31.5 Å². The molecule has 0 bridgehead atoms. The quantitative estimate of drug-likeness (QED) is 0.812. The van der Waals surface area contributed by atoms with Crippen LogP contribution in [0.2, 0.25) is 0 Å². The predicted octanol–water partition coefficient (Wildman–Crippen LogP) is 1.19. The second-order valence-electron chi connectivity index (χ2n) is 5.11. The fourth-order valence-corrected chi connectivity index (χ4v) is 2.46.